The lowest BCUT2D eigenvalue weighted by molar-refractivity contribution is 0.443. The Hall–Kier alpha value is -5.64. The van der Waals surface area contributed by atoms with Gasteiger partial charge in [-0.15, -0.1) is 11.3 Å². The summed E-state index contributed by atoms with van der Waals surface area (Å²) in [5.41, 5.74) is 11.1. The maximum atomic E-state index is 2.46. The van der Waals surface area contributed by atoms with Crippen LogP contribution in [0.25, 0.3) is 20.2 Å². The summed E-state index contributed by atoms with van der Waals surface area (Å²) < 4.78 is 2.65. The molecular weight excluding hydrogens is 649 g/mol. The third-order valence-corrected chi connectivity index (χ3v) is 11.9. The monoisotopic (exact) mass is 690 g/mol. The third-order valence-electron chi connectivity index (χ3n) is 10.7. The van der Waals surface area contributed by atoms with Crippen molar-refractivity contribution in [3.63, 3.8) is 0 Å². The van der Waals surface area contributed by atoms with Crippen molar-refractivity contribution in [2.45, 2.75) is 44.4 Å². The largest absolute Gasteiger partial charge is 0.311 e. The van der Waals surface area contributed by atoms with Gasteiger partial charge in [-0.1, -0.05) is 122 Å². The zero-order valence-corrected chi connectivity index (χ0v) is 30.2. The van der Waals surface area contributed by atoms with Crippen LogP contribution in [0.15, 0.2) is 176 Å². The first-order valence-electron chi connectivity index (χ1n) is 18.7. The molecule has 0 bridgehead atoms. The SMILES string of the molecule is c1ccc(N(c2ccccc2)c2ccc(Cc3ccc(N(c4ccc(C5CCCCC5)cc4)c4cccc5c4sc4ccccc45)cc3)cc2)cc1. The summed E-state index contributed by atoms with van der Waals surface area (Å²) in [5, 5.41) is 2.65. The number of fused-ring (bicyclic) bond motifs is 3. The van der Waals surface area contributed by atoms with E-state index in [1.807, 2.05) is 11.3 Å². The molecular formula is C49H42N2S. The average Bonchev–Trinajstić information content (AvgIpc) is 3.60. The van der Waals surface area contributed by atoms with Gasteiger partial charge < -0.3 is 9.80 Å². The number of nitrogens with zero attached hydrogens (tertiary/aromatic N) is 2. The molecule has 0 radical (unpaired) electrons. The van der Waals surface area contributed by atoms with Gasteiger partial charge in [0, 0.05) is 43.9 Å². The highest BCUT2D eigenvalue weighted by atomic mass is 32.1. The second-order valence-electron chi connectivity index (χ2n) is 14.0. The summed E-state index contributed by atoms with van der Waals surface area (Å²) in [4.78, 5) is 4.77. The van der Waals surface area contributed by atoms with E-state index >= 15 is 0 Å². The molecule has 0 aliphatic heterocycles. The van der Waals surface area contributed by atoms with Crippen LogP contribution in [0.3, 0.4) is 0 Å². The van der Waals surface area contributed by atoms with Crippen LogP contribution in [0.2, 0.25) is 0 Å². The lowest BCUT2D eigenvalue weighted by Gasteiger charge is -2.27. The van der Waals surface area contributed by atoms with Gasteiger partial charge >= 0.3 is 0 Å². The molecule has 7 aromatic carbocycles. The average molecular weight is 691 g/mol. The van der Waals surface area contributed by atoms with E-state index in [9.17, 15) is 0 Å². The minimum Gasteiger partial charge on any atom is -0.311 e. The van der Waals surface area contributed by atoms with Crippen molar-refractivity contribution in [2.75, 3.05) is 9.80 Å². The standard InChI is InChI=1S/C49H42N2S/c1-4-13-38(14-5-1)39-27-33-44(34-28-39)51(47-21-12-20-46-45-19-10-11-22-48(45)52-49(46)47)43-31-25-37(26-32-43)35-36-23-29-42(30-24-36)50(40-15-6-2-7-16-40)41-17-8-3-9-18-41/h2-3,6-12,15-34,38H,1,4-5,13-14,35H2. The molecule has 1 fully saturated rings. The molecule has 0 amide bonds. The first-order chi connectivity index (χ1) is 25.8. The van der Waals surface area contributed by atoms with E-state index in [1.165, 1.54) is 86.0 Å². The zero-order chi connectivity index (χ0) is 34.7. The minimum atomic E-state index is 0.690. The Labute approximate surface area is 311 Å². The van der Waals surface area contributed by atoms with Crippen molar-refractivity contribution in [2.24, 2.45) is 0 Å². The number of thiophene rings is 1. The van der Waals surface area contributed by atoms with E-state index in [0.29, 0.717) is 5.92 Å². The van der Waals surface area contributed by atoms with Crippen LogP contribution in [-0.2, 0) is 6.42 Å². The summed E-state index contributed by atoms with van der Waals surface area (Å²) in [6, 6.07) is 64.5. The second-order valence-corrected chi connectivity index (χ2v) is 15.1. The van der Waals surface area contributed by atoms with Gasteiger partial charge in [-0.2, -0.15) is 0 Å². The molecule has 0 saturated heterocycles. The van der Waals surface area contributed by atoms with Crippen LogP contribution in [0.1, 0.15) is 54.7 Å². The molecule has 0 spiro atoms. The minimum absolute atomic E-state index is 0.690. The molecule has 52 heavy (non-hydrogen) atoms. The van der Waals surface area contributed by atoms with E-state index < -0.39 is 0 Å². The van der Waals surface area contributed by atoms with E-state index in [-0.39, 0.29) is 0 Å². The third kappa shape index (κ3) is 6.49. The fourth-order valence-corrected chi connectivity index (χ4v) is 9.24. The number of hydrogen-bond donors (Lipinski definition) is 0. The van der Waals surface area contributed by atoms with Gasteiger partial charge in [-0.05, 0) is 115 Å². The fraction of sp³-hybridized carbons (Fsp3) is 0.143. The molecule has 1 aromatic heterocycles. The lowest BCUT2D eigenvalue weighted by atomic mass is 9.84. The van der Waals surface area contributed by atoms with Gasteiger partial charge in [0.15, 0.2) is 0 Å². The Morgan fingerprint density at radius 2 is 0.923 bits per heavy atom. The summed E-state index contributed by atoms with van der Waals surface area (Å²) in [5.74, 6) is 0.690. The highest BCUT2D eigenvalue weighted by molar-refractivity contribution is 7.26. The van der Waals surface area contributed by atoms with Crippen LogP contribution in [0.5, 0.6) is 0 Å². The fourth-order valence-electron chi connectivity index (χ4n) is 8.03. The molecule has 1 heterocycles. The smallest absolute Gasteiger partial charge is 0.0640 e. The van der Waals surface area contributed by atoms with Gasteiger partial charge in [0.2, 0.25) is 0 Å². The van der Waals surface area contributed by atoms with Gasteiger partial charge in [0.05, 0.1) is 10.4 Å². The van der Waals surface area contributed by atoms with Crippen LogP contribution in [-0.4, -0.2) is 0 Å². The number of para-hydroxylation sites is 2. The van der Waals surface area contributed by atoms with Crippen molar-refractivity contribution in [3.05, 3.63) is 193 Å². The first kappa shape index (κ1) is 32.3. The molecule has 0 N–H and O–H groups in total. The molecule has 254 valence electrons. The maximum absolute atomic E-state index is 2.46. The van der Waals surface area contributed by atoms with Gasteiger partial charge in [0.1, 0.15) is 0 Å². The Kier molecular flexibility index (Phi) is 9.02. The summed E-state index contributed by atoms with van der Waals surface area (Å²) in [7, 11) is 0. The van der Waals surface area contributed by atoms with E-state index in [0.717, 1.165) is 23.5 Å². The second kappa shape index (κ2) is 14.5. The first-order valence-corrected chi connectivity index (χ1v) is 19.5. The molecule has 8 aromatic rings. The quantitative estimate of drug-likeness (QED) is 0.149. The Bertz CT molecular complexity index is 2350. The molecule has 9 rings (SSSR count). The summed E-state index contributed by atoms with van der Waals surface area (Å²) in [6.07, 6.45) is 7.58. The predicted octanol–water partition coefficient (Wildman–Crippen LogP) is 14.6. The highest BCUT2D eigenvalue weighted by Gasteiger charge is 2.20. The molecule has 0 atom stereocenters. The Morgan fingerprint density at radius 1 is 0.423 bits per heavy atom. The van der Waals surface area contributed by atoms with E-state index in [1.54, 1.807) is 0 Å². The molecule has 3 heteroatoms. The maximum Gasteiger partial charge on any atom is 0.0640 e. The topological polar surface area (TPSA) is 6.48 Å². The van der Waals surface area contributed by atoms with Gasteiger partial charge in [-0.3, -0.25) is 0 Å². The molecule has 1 aliphatic carbocycles. The highest BCUT2D eigenvalue weighted by Crippen LogP contribution is 2.45. The Balaban J connectivity index is 1.03. The number of hydrogen-bond acceptors (Lipinski definition) is 3. The molecule has 0 unspecified atom stereocenters. The van der Waals surface area contributed by atoms with Crippen molar-refractivity contribution < 1.29 is 0 Å². The van der Waals surface area contributed by atoms with Crippen LogP contribution < -0.4 is 9.80 Å². The van der Waals surface area contributed by atoms with Crippen molar-refractivity contribution >= 4 is 65.6 Å². The van der Waals surface area contributed by atoms with E-state index in [4.69, 9.17) is 0 Å². The van der Waals surface area contributed by atoms with Crippen LogP contribution in [0, 0.1) is 0 Å². The number of rotatable bonds is 9. The van der Waals surface area contributed by atoms with Crippen LogP contribution >= 0.6 is 11.3 Å². The number of anilines is 6. The molecule has 2 nitrogen and oxygen atoms in total. The van der Waals surface area contributed by atoms with Gasteiger partial charge in [-0.25, -0.2) is 0 Å². The van der Waals surface area contributed by atoms with Crippen molar-refractivity contribution in [1.82, 2.24) is 0 Å². The Morgan fingerprint density at radius 3 is 1.54 bits per heavy atom. The van der Waals surface area contributed by atoms with Crippen LogP contribution in [0.4, 0.5) is 34.1 Å². The zero-order valence-electron chi connectivity index (χ0n) is 29.4. The summed E-state index contributed by atoms with van der Waals surface area (Å²) in [6.45, 7) is 0. The number of benzene rings is 7. The predicted molar refractivity (Wildman–Crippen MR) is 224 cm³/mol. The van der Waals surface area contributed by atoms with Crippen molar-refractivity contribution in [3.8, 4) is 0 Å². The molecule has 1 saturated carbocycles. The van der Waals surface area contributed by atoms with Crippen molar-refractivity contribution in [1.29, 1.82) is 0 Å². The van der Waals surface area contributed by atoms with E-state index in [2.05, 4.69) is 186 Å². The van der Waals surface area contributed by atoms with Gasteiger partial charge in [0.25, 0.3) is 0 Å². The normalized spacial score (nSPS) is 13.4. The molecule has 1 aliphatic rings. The lowest BCUT2D eigenvalue weighted by Crippen LogP contribution is -2.11. The summed E-state index contributed by atoms with van der Waals surface area (Å²) >= 11 is 1.89.